The van der Waals surface area contributed by atoms with E-state index in [1.807, 2.05) is 6.20 Å². The van der Waals surface area contributed by atoms with E-state index in [0.29, 0.717) is 0 Å². The summed E-state index contributed by atoms with van der Waals surface area (Å²) in [7, 11) is 0. The summed E-state index contributed by atoms with van der Waals surface area (Å²) >= 11 is 0. The minimum Gasteiger partial charge on any atom is -0.456 e. The summed E-state index contributed by atoms with van der Waals surface area (Å²) in [5.41, 5.74) is 6.41. The molecule has 1 aromatic heterocycles. The maximum atomic E-state index is 6.87. The van der Waals surface area contributed by atoms with Gasteiger partial charge in [0.15, 0.2) is 0 Å². The first kappa shape index (κ1) is 23.0. The Bertz CT molecular complexity index is 1680. The lowest BCUT2D eigenvalue weighted by Crippen LogP contribution is -2.12. The maximum absolute atomic E-state index is 6.87. The van der Waals surface area contributed by atoms with Gasteiger partial charge in [0.25, 0.3) is 0 Å². The molecule has 1 aliphatic heterocycles. The van der Waals surface area contributed by atoms with Crippen LogP contribution in [0.25, 0.3) is 43.6 Å². The molecule has 0 fully saturated rings. The monoisotopic (exact) mass is 473 g/mol. The highest BCUT2D eigenvalue weighted by molar-refractivity contribution is 6.16. The predicted molar refractivity (Wildman–Crippen MR) is 153 cm³/mol. The number of nitrogens with zero attached hydrogens (tertiary/aromatic N) is 1. The zero-order valence-corrected chi connectivity index (χ0v) is 22.5. The summed E-state index contributed by atoms with van der Waals surface area (Å²) in [4.78, 5) is 4.94. The summed E-state index contributed by atoms with van der Waals surface area (Å²) in [6, 6.07) is 20.3. The number of pyridine rings is 1. The molecule has 6 rings (SSSR count). The summed E-state index contributed by atoms with van der Waals surface area (Å²) < 4.78 is 6.87. The van der Waals surface area contributed by atoms with E-state index in [1.165, 1.54) is 43.6 Å². The second-order valence-corrected chi connectivity index (χ2v) is 13.0. The van der Waals surface area contributed by atoms with Crippen molar-refractivity contribution in [3.8, 4) is 22.8 Å². The first-order valence-corrected chi connectivity index (χ1v) is 13.1. The minimum atomic E-state index is 0.126. The van der Waals surface area contributed by atoms with Crippen molar-refractivity contribution >= 4 is 32.3 Å². The van der Waals surface area contributed by atoms with E-state index in [0.717, 1.165) is 41.0 Å². The molecule has 182 valence electrons. The van der Waals surface area contributed by atoms with Gasteiger partial charge in [-0.3, -0.25) is 4.98 Å². The molecule has 2 heteroatoms. The Morgan fingerprint density at radius 2 is 1.44 bits per heavy atom. The average molecular weight is 474 g/mol. The fourth-order valence-corrected chi connectivity index (χ4v) is 5.82. The molecule has 0 N–H and O–H groups in total. The second-order valence-electron chi connectivity index (χ2n) is 13.0. The van der Waals surface area contributed by atoms with Crippen LogP contribution in [0.3, 0.4) is 0 Å². The quantitative estimate of drug-likeness (QED) is 0.233. The number of aromatic nitrogens is 1. The third kappa shape index (κ3) is 3.93. The van der Waals surface area contributed by atoms with Crippen LogP contribution < -0.4 is 4.74 Å². The van der Waals surface area contributed by atoms with Gasteiger partial charge in [-0.1, -0.05) is 83.5 Å². The van der Waals surface area contributed by atoms with Gasteiger partial charge < -0.3 is 4.74 Å². The molecule has 2 nitrogen and oxygen atoms in total. The van der Waals surface area contributed by atoms with Crippen molar-refractivity contribution < 1.29 is 4.74 Å². The van der Waals surface area contributed by atoms with E-state index in [1.54, 1.807) is 0 Å². The van der Waals surface area contributed by atoms with Crippen molar-refractivity contribution in [2.75, 3.05) is 0 Å². The summed E-state index contributed by atoms with van der Waals surface area (Å²) in [5, 5.41) is 7.35. The molecule has 0 atom stereocenters. The molecule has 0 unspecified atom stereocenters. The van der Waals surface area contributed by atoms with Crippen LogP contribution in [-0.2, 0) is 12.8 Å². The van der Waals surface area contributed by atoms with Crippen LogP contribution in [0.4, 0.5) is 0 Å². The molecular weight excluding hydrogens is 438 g/mol. The van der Waals surface area contributed by atoms with Crippen LogP contribution in [0.1, 0.15) is 58.2 Å². The van der Waals surface area contributed by atoms with E-state index in [-0.39, 0.29) is 10.8 Å². The van der Waals surface area contributed by atoms with E-state index in [9.17, 15) is 0 Å². The van der Waals surface area contributed by atoms with E-state index < -0.39 is 0 Å². The molecule has 36 heavy (non-hydrogen) atoms. The number of hydrogen-bond donors (Lipinski definition) is 0. The lowest BCUT2D eigenvalue weighted by Gasteiger charge is -2.28. The fourth-order valence-electron chi connectivity index (χ4n) is 5.82. The SMILES string of the molecule is Cc1ccc2c(CC(C)(C)C)c3c(cc2c1)-c1nccc2c1c(cc1cc(CC(C)(C)C)ccc12)O3. The van der Waals surface area contributed by atoms with Crippen molar-refractivity contribution in [2.45, 2.75) is 61.3 Å². The highest BCUT2D eigenvalue weighted by Gasteiger charge is 2.28. The Morgan fingerprint density at radius 1 is 0.722 bits per heavy atom. The number of aryl methyl sites for hydroxylation is 1. The largest absolute Gasteiger partial charge is 0.456 e. The lowest BCUT2D eigenvalue weighted by molar-refractivity contribution is 0.400. The van der Waals surface area contributed by atoms with Gasteiger partial charge in [0.2, 0.25) is 0 Å². The van der Waals surface area contributed by atoms with Crippen molar-refractivity contribution in [2.24, 2.45) is 10.8 Å². The molecule has 0 bridgehead atoms. The summed E-state index contributed by atoms with van der Waals surface area (Å²) in [6.45, 7) is 15.9. The molecule has 2 heterocycles. The predicted octanol–water partition coefficient (Wildman–Crippen LogP) is 9.80. The topological polar surface area (TPSA) is 22.1 Å². The average Bonchev–Trinajstić information content (AvgIpc) is 2.77. The first-order valence-electron chi connectivity index (χ1n) is 13.1. The number of rotatable bonds is 2. The van der Waals surface area contributed by atoms with Gasteiger partial charge in [0.05, 0.1) is 11.1 Å². The Labute approximate surface area is 214 Å². The van der Waals surface area contributed by atoms with Crippen LogP contribution in [0.15, 0.2) is 60.8 Å². The van der Waals surface area contributed by atoms with E-state index in [2.05, 4.69) is 103 Å². The highest BCUT2D eigenvalue weighted by Crippen LogP contribution is 2.51. The molecule has 0 aliphatic carbocycles. The highest BCUT2D eigenvalue weighted by atomic mass is 16.5. The molecule has 0 saturated heterocycles. The van der Waals surface area contributed by atoms with Gasteiger partial charge in [0.1, 0.15) is 11.5 Å². The zero-order valence-electron chi connectivity index (χ0n) is 22.5. The zero-order chi connectivity index (χ0) is 25.4. The second kappa shape index (κ2) is 7.80. The summed E-state index contributed by atoms with van der Waals surface area (Å²) in [5.74, 6) is 1.89. The van der Waals surface area contributed by atoms with Crippen LogP contribution >= 0.6 is 0 Å². The van der Waals surface area contributed by atoms with Crippen LogP contribution in [0.5, 0.6) is 11.5 Å². The molecule has 0 amide bonds. The van der Waals surface area contributed by atoms with Gasteiger partial charge in [-0.2, -0.15) is 0 Å². The molecule has 5 aromatic rings. The minimum absolute atomic E-state index is 0.126. The van der Waals surface area contributed by atoms with E-state index >= 15 is 0 Å². The van der Waals surface area contributed by atoms with Gasteiger partial charge in [-0.25, -0.2) is 0 Å². The van der Waals surface area contributed by atoms with Crippen LogP contribution in [0.2, 0.25) is 0 Å². The van der Waals surface area contributed by atoms with Gasteiger partial charge in [0, 0.05) is 17.3 Å². The molecule has 0 spiro atoms. The Kier molecular flexibility index (Phi) is 4.99. The number of ether oxygens (including phenoxy) is 1. The molecule has 0 saturated carbocycles. The van der Waals surface area contributed by atoms with Crippen molar-refractivity contribution in [3.05, 3.63) is 77.5 Å². The van der Waals surface area contributed by atoms with Gasteiger partial charge in [-0.15, -0.1) is 0 Å². The Balaban J connectivity index is 1.65. The molecule has 1 aliphatic rings. The third-order valence-corrected chi connectivity index (χ3v) is 7.15. The lowest BCUT2D eigenvalue weighted by atomic mass is 9.83. The van der Waals surface area contributed by atoms with Crippen LogP contribution in [0, 0.1) is 17.8 Å². The summed E-state index contributed by atoms with van der Waals surface area (Å²) in [6.07, 6.45) is 3.94. The number of hydrogen-bond acceptors (Lipinski definition) is 2. The van der Waals surface area contributed by atoms with E-state index in [4.69, 9.17) is 9.72 Å². The normalized spacial score (nSPS) is 13.3. The Morgan fingerprint density at radius 3 is 2.19 bits per heavy atom. The number of benzene rings is 4. The van der Waals surface area contributed by atoms with Gasteiger partial charge in [-0.05, 0) is 81.3 Å². The molecule has 0 radical (unpaired) electrons. The standard InChI is InChI=1S/C34H35NO/c1-20-8-10-25-22(14-20)16-27-31-30-26(12-13-35-31)24-11-9-21(18-33(2,3)4)15-23(24)17-29(30)36-32(27)28(25)19-34(5,6)7/h8-17H,18-19H2,1-7H3. The third-order valence-electron chi connectivity index (χ3n) is 7.15. The van der Waals surface area contributed by atoms with Crippen molar-refractivity contribution in [3.63, 3.8) is 0 Å². The first-order chi connectivity index (χ1) is 17.0. The van der Waals surface area contributed by atoms with Crippen molar-refractivity contribution in [1.82, 2.24) is 4.98 Å². The maximum Gasteiger partial charge on any atom is 0.140 e. The van der Waals surface area contributed by atoms with Crippen molar-refractivity contribution in [1.29, 1.82) is 0 Å². The smallest absolute Gasteiger partial charge is 0.140 e. The Hall–Kier alpha value is -3.39. The molecule has 4 aromatic carbocycles. The fraction of sp³-hybridized carbons (Fsp3) is 0.324. The van der Waals surface area contributed by atoms with Gasteiger partial charge >= 0.3 is 0 Å². The number of fused-ring (bicyclic) bond motifs is 5. The van der Waals surface area contributed by atoms with Crippen LogP contribution in [-0.4, -0.2) is 4.98 Å². The molecular formula is C34H35NO.